The summed E-state index contributed by atoms with van der Waals surface area (Å²) in [4.78, 5) is 2.44. The minimum Gasteiger partial charge on any atom is -0.395 e. The molecule has 0 radical (unpaired) electrons. The molecule has 0 amide bonds. The average Bonchev–Trinajstić information content (AvgIpc) is 2.86. The van der Waals surface area contributed by atoms with Gasteiger partial charge in [-0.05, 0) is 36.3 Å². The lowest BCUT2D eigenvalue weighted by molar-refractivity contribution is 0.142. The minimum atomic E-state index is 0.239. The molecule has 1 N–H and O–H groups in total. The van der Waals surface area contributed by atoms with E-state index >= 15 is 0 Å². The molecule has 2 unspecified atom stereocenters. The van der Waals surface area contributed by atoms with Crippen LogP contribution in [-0.2, 0) is 17.9 Å². The molecule has 1 aromatic rings. The Morgan fingerprint density at radius 1 is 1.30 bits per heavy atom. The van der Waals surface area contributed by atoms with Gasteiger partial charge >= 0.3 is 0 Å². The lowest BCUT2D eigenvalue weighted by Crippen LogP contribution is -2.35. The first-order valence-electron chi connectivity index (χ1n) is 7.64. The number of ether oxygens (including phenoxy) is 1. The molecule has 1 aliphatic carbocycles. The van der Waals surface area contributed by atoms with E-state index in [9.17, 15) is 5.11 Å². The standard InChI is InChI=1S/C17H27NO2/c1-14-6-7-17(10-14)18(8-9-19)12-15-4-3-5-16(11-15)13-20-2/h3-5,11,14,17,19H,6-10,12-13H2,1-2H3. The number of aliphatic hydroxyl groups is 1. The van der Waals surface area contributed by atoms with Gasteiger partial charge < -0.3 is 9.84 Å². The molecular formula is C17H27NO2. The first-order valence-corrected chi connectivity index (χ1v) is 7.64. The summed E-state index contributed by atoms with van der Waals surface area (Å²) < 4.78 is 5.20. The molecule has 2 rings (SSSR count). The van der Waals surface area contributed by atoms with Crippen LogP contribution < -0.4 is 0 Å². The van der Waals surface area contributed by atoms with E-state index < -0.39 is 0 Å². The first kappa shape index (κ1) is 15.5. The summed E-state index contributed by atoms with van der Waals surface area (Å²) in [5.74, 6) is 0.820. The Bertz CT molecular complexity index is 408. The SMILES string of the molecule is COCc1cccc(CN(CCO)C2CCC(C)C2)c1. The number of hydrogen-bond acceptors (Lipinski definition) is 3. The summed E-state index contributed by atoms with van der Waals surface area (Å²) in [5.41, 5.74) is 2.53. The van der Waals surface area contributed by atoms with Crippen molar-refractivity contribution in [3.8, 4) is 0 Å². The third kappa shape index (κ3) is 4.30. The molecule has 1 aromatic carbocycles. The highest BCUT2D eigenvalue weighted by atomic mass is 16.5. The zero-order valence-electron chi connectivity index (χ0n) is 12.7. The van der Waals surface area contributed by atoms with E-state index in [4.69, 9.17) is 4.74 Å². The Hall–Kier alpha value is -0.900. The van der Waals surface area contributed by atoms with Gasteiger partial charge in [-0.15, -0.1) is 0 Å². The average molecular weight is 277 g/mol. The summed E-state index contributed by atoms with van der Waals surface area (Å²) in [7, 11) is 1.73. The van der Waals surface area contributed by atoms with Crippen molar-refractivity contribution in [3.63, 3.8) is 0 Å². The van der Waals surface area contributed by atoms with Crippen molar-refractivity contribution in [2.24, 2.45) is 5.92 Å². The molecule has 0 spiro atoms. The highest BCUT2D eigenvalue weighted by Crippen LogP contribution is 2.29. The Balaban J connectivity index is 2.01. The largest absolute Gasteiger partial charge is 0.395 e. The zero-order chi connectivity index (χ0) is 14.4. The molecular weight excluding hydrogens is 250 g/mol. The molecule has 20 heavy (non-hydrogen) atoms. The number of nitrogens with zero attached hydrogens (tertiary/aromatic N) is 1. The highest BCUT2D eigenvalue weighted by Gasteiger charge is 2.26. The second-order valence-corrected chi connectivity index (χ2v) is 6.02. The fraction of sp³-hybridized carbons (Fsp3) is 0.647. The maximum atomic E-state index is 9.32. The van der Waals surface area contributed by atoms with Crippen LogP contribution in [0.25, 0.3) is 0 Å². The fourth-order valence-electron chi connectivity index (χ4n) is 3.25. The smallest absolute Gasteiger partial charge is 0.0713 e. The summed E-state index contributed by atoms with van der Waals surface area (Å²) in [5, 5.41) is 9.32. The van der Waals surface area contributed by atoms with Crippen molar-refractivity contribution in [2.45, 2.75) is 45.4 Å². The zero-order valence-corrected chi connectivity index (χ0v) is 12.7. The van der Waals surface area contributed by atoms with Crippen LogP contribution in [0, 0.1) is 5.92 Å². The van der Waals surface area contributed by atoms with Gasteiger partial charge in [0, 0.05) is 26.2 Å². The first-order chi connectivity index (χ1) is 9.72. The number of aliphatic hydroxyl groups excluding tert-OH is 1. The van der Waals surface area contributed by atoms with Crippen molar-refractivity contribution < 1.29 is 9.84 Å². The summed E-state index contributed by atoms with van der Waals surface area (Å²) in [6, 6.07) is 9.20. The fourth-order valence-corrected chi connectivity index (χ4v) is 3.25. The summed E-state index contributed by atoms with van der Waals surface area (Å²) in [6.07, 6.45) is 3.84. The van der Waals surface area contributed by atoms with Gasteiger partial charge in [-0.25, -0.2) is 0 Å². The monoisotopic (exact) mass is 277 g/mol. The lowest BCUT2D eigenvalue weighted by Gasteiger charge is -2.28. The van der Waals surface area contributed by atoms with Crippen LogP contribution in [0.3, 0.4) is 0 Å². The van der Waals surface area contributed by atoms with Crippen molar-refractivity contribution in [3.05, 3.63) is 35.4 Å². The van der Waals surface area contributed by atoms with Gasteiger partial charge in [-0.1, -0.05) is 31.2 Å². The van der Waals surface area contributed by atoms with Crippen molar-refractivity contribution in [2.75, 3.05) is 20.3 Å². The normalized spacial score (nSPS) is 22.6. The predicted octanol–water partition coefficient (Wildman–Crippen LogP) is 2.82. The van der Waals surface area contributed by atoms with Crippen LogP contribution in [0.4, 0.5) is 0 Å². The molecule has 0 aromatic heterocycles. The minimum absolute atomic E-state index is 0.239. The van der Waals surface area contributed by atoms with Crippen molar-refractivity contribution >= 4 is 0 Å². The van der Waals surface area contributed by atoms with Gasteiger partial charge in [0.25, 0.3) is 0 Å². The lowest BCUT2D eigenvalue weighted by atomic mass is 10.1. The predicted molar refractivity (Wildman–Crippen MR) is 81.5 cm³/mol. The molecule has 0 aliphatic heterocycles. The van der Waals surface area contributed by atoms with Gasteiger partial charge in [0.2, 0.25) is 0 Å². The van der Waals surface area contributed by atoms with Gasteiger partial charge in [0.15, 0.2) is 0 Å². The van der Waals surface area contributed by atoms with Gasteiger partial charge in [0.05, 0.1) is 13.2 Å². The second-order valence-electron chi connectivity index (χ2n) is 6.02. The van der Waals surface area contributed by atoms with Crippen LogP contribution >= 0.6 is 0 Å². The van der Waals surface area contributed by atoms with Crippen LogP contribution in [0.15, 0.2) is 24.3 Å². The van der Waals surface area contributed by atoms with Crippen LogP contribution in [0.2, 0.25) is 0 Å². The van der Waals surface area contributed by atoms with E-state index in [1.54, 1.807) is 7.11 Å². The van der Waals surface area contributed by atoms with E-state index in [1.807, 2.05) is 0 Å². The van der Waals surface area contributed by atoms with Gasteiger partial charge in [0.1, 0.15) is 0 Å². The van der Waals surface area contributed by atoms with E-state index in [2.05, 4.69) is 36.1 Å². The summed E-state index contributed by atoms with van der Waals surface area (Å²) in [6.45, 7) is 4.93. The van der Waals surface area contributed by atoms with Crippen LogP contribution in [0.5, 0.6) is 0 Å². The van der Waals surface area contributed by atoms with E-state index in [1.165, 1.54) is 30.4 Å². The molecule has 1 fully saturated rings. The molecule has 0 bridgehead atoms. The maximum Gasteiger partial charge on any atom is 0.0713 e. The maximum absolute atomic E-state index is 9.32. The number of hydrogen-bond donors (Lipinski definition) is 1. The van der Waals surface area contributed by atoms with Crippen molar-refractivity contribution in [1.82, 2.24) is 4.90 Å². The third-order valence-corrected chi connectivity index (χ3v) is 4.26. The third-order valence-electron chi connectivity index (χ3n) is 4.26. The Morgan fingerprint density at radius 3 is 2.75 bits per heavy atom. The topological polar surface area (TPSA) is 32.7 Å². The molecule has 1 aliphatic rings. The molecule has 112 valence electrons. The molecule has 3 heteroatoms. The number of rotatable bonds is 7. The van der Waals surface area contributed by atoms with Crippen LogP contribution in [-0.4, -0.2) is 36.3 Å². The molecule has 0 saturated heterocycles. The molecule has 0 heterocycles. The summed E-state index contributed by atoms with van der Waals surface area (Å²) >= 11 is 0. The Morgan fingerprint density at radius 2 is 2.10 bits per heavy atom. The second kappa shape index (κ2) is 7.77. The Kier molecular flexibility index (Phi) is 6.02. The van der Waals surface area contributed by atoms with Crippen LogP contribution in [0.1, 0.15) is 37.3 Å². The van der Waals surface area contributed by atoms with Gasteiger partial charge in [-0.3, -0.25) is 4.90 Å². The van der Waals surface area contributed by atoms with E-state index in [-0.39, 0.29) is 6.61 Å². The molecule has 3 nitrogen and oxygen atoms in total. The number of benzene rings is 1. The highest BCUT2D eigenvalue weighted by molar-refractivity contribution is 5.23. The van der Waals surface area contributed by atoms with E-state index in [0.717, 1.165) is 19.0 Å². The van der Waals surface area contributed by atoms with Gasteiger partial charge in [-0.2, -0.15) is 0 Å². The van der Waals surface area contributed by atoms with E-state index in [0.29, 0.717) is 12.6 Å². The molecule has 1 saturated carbocycles. The number of methoxy groups -OCH3 is 1. The van der Waals surface area contributed by atoms with Crippen molar-refractivity contribution in [1.29, 1.82) is 0 Å². The molecule has 2 atom stereocenters. The Labute approximate surface area is 122 Å². The quantitative estimate of drug-likeness (QED) is 0.832.